The molecule has 0 radical (unpaired) electrons. The molecule has 0 aliphatic carbocycles. The van der Waals surface area contributed by atoms with Crippen molar-refractivity contribution in [2.45, 2.75) is 168 Å². The molecule has 0 N–H and O–H groups in total. The van der Waals surface area contributed by atoms with E-state index in [4.69, 9.17) is 72.8 Å². The van der Waals surface area contributed by atoms with Crippen LogP contribution >= 0.6 is 0 Å². The highest BCUT2D eigenvalue weighted by atomic mass is 28.5. The van der Waals surface area contributed by atoms with E-state index in [1.165, 1.54) is 0 Å². The monoisotopic (exact) mass is 1130 g/mol. The smallest absolute Gasteiger partial charge is 0.437 e. The highest BCUT2D eigenvalue weighted by Crippen LogP contribution is 2.42. The van der Waals surface area contributed by atoms with Crippen molar-refractivity contribution in [2.75, 3.05) is 64.0 Å². The first-order valence-electron chi connectivity index (χ1n) is 21.6. The summed E-state index contributed by atoms with van der Waals surface area (Å²) in [5.74, 6) is 0. The lowest BCUT2D eigenvalue weighted by Crippen LogP contribution is -2.68. The zero-order chi connectivity index (χ0) is 48.4. The van der Waals surface area contributed by atoms with Gasteiger partial charge in [-0.05, 0) is 128 Å². The molecule has 1 aliphatic rings. The molecule has 1 heterocycles. The Kier molecular flexibility index (Phi) is 28.2. The molecule has 1 saturated heterocycles. The Labute approximate surface area is 405 Å². The van der Waals surface area contributed by atoms with E-state index in [9.17, 15) is 0 Å². The van der Waals surface area contributed by atoms with Crippen molar-refractivity contribution in [3.8, 4) is 0 Å². The van der Waals surface area contributed by atoms with Gasteiger partial charge in [0, 0.05) is 82.1 Å². The Balaban J connectivity index is 0. The maximum Gasteiger partial charge on any atom is 0.500 e. The molecule has 388 valence electrons. The third kappa shape index (κ3) is 22.6. The molecule has 64 heavy (non-hydrogen) atoms. The van der Waals surface area contributed by atoms with Crippen LogP contribution in [0.4, 0.5) is 0 Å². The van der Waals surface area contributed by atoms with Crippen molar-refractivity contribution in [3.63, 3.8) is 0 Å². The molecule has 0 bridgehead atoms. The molecular formula is C35H98O17Si12. The van der Waals surface area contributed by atoms with Gasteiger partial charge in [0.2, 0.25) is 0 Å². The van der Waals surface area contributed by atoms with E-state index < -0.39 is 103 Å². The van der Waals surface area contributed by atoms with Crippen LogP contribution in [-0.4, -0.2) is 167 Å². The highest BCUT2D eigenvalue weighted by Gasteiger charge is 2.59. The van der Waals surface area contributed by atoms with Gasteiger partial charge in [-0.2, -0.15) is 0 Å². The zero-order valence-electron chi connectivity index (χ0n) is 43.3. The maximum atomic E-state index is 7.53. The Bertz CT molecular complexity index is 1270. The fourth-order valence-electron chi connectivity index (χ4n) is 8.66. The maximum absolute atomic E-state index is 7.53. The van der Waals surface area contributed by atoms with Crippen LogP contribution in [0, 0.1) is 0 Å². The van der Waals surface area contributed by atoms with Crippen molar-refractivity contribution in [3.05, 3.63) is 0 Å². The van der Waals surface area contributed by atoms with E-state index in [-0.39, 0.29) is 14.9 Å². The van der Waals surface area contributed by atoms with Gasteiger partial charge < -0.3 is 72.8 Å². The second-order valence-electron chi connectivity index (χ2n) is 19.7. The van der Waals surface area contributed by atoms with Gasteiger partial charge in [0.15, 0.2) is 16.6 Å². The summed E-state index contributed by atoms with van der Waals surface area (Å²) in [7, 11) is -18.6. The Morgan fingerprint density at radius 2 is 0.562 bits per heavy atom. The van der Waals surface area contributed by atoms with Gasteiger partial charge in [0.05, 0.1) is 0 Å². The molecule has 1 fully saturated rings. The second-order valence-corrected chi connectivity index (χ2v) is 63.2. The molecule has 1 rings (SSSR count). The number of hydrogen-bond acceptors (Lipinski definition) is 17. The zero-order valence-corrected chi connectivity index (χ0v) is 55.3. The van der Waals surface area contributed by atoms with Gasteiger partial charge in [-0.3, -0.25) is 0 Å². The van der Waals surface area contributed by atoms with E-state index >= 15 is 0 Å². The first-order valence-corrected chi connectivity index (χ1v) is 52.5. The van der Waals surface area contributed by atoms with Crippen LogP contribution in [0.5, 0.6) is 0 Å². The molecule has 0 aromatic carbocycles. The molecule has 17 nitrogen and oxygen atoms in total. The van der Waals surface area contributed by atoms with Crippen LogP contribution in [0.15, 0.2) is 0 Å². The lowest BCUT2D eigenvalue weighted by molar-refractivity contribution is 0.122. The van der Waals surface area contributed by atoms with E-state index in [0.717, 1.165) is 12.5 Å². The van der Waals surface area contributed by atoms with Crippen LogP contribution in [-0.2, 0) is 72.8 Å². The van der Waals surface area contributed by atoms with Crippen molar-refractivity contribution < 1.29 is 72.8 Å². The largest absolute Gasteiger partial charge is 0.500 e. The predicted octanol–water partition coefficient (Wildman–Crippen LogP) is 9.86. The first kappa shape index (κ1) is 68.0. The lowest BCUT2D eigenvalue weighted by atomic mass is 10.6. The van der Waals surface area contributed by atoms with E-state index in [2.05, 4.69) is 98.2 Å². The van der Waals surface area contributed by atoms with Gasteiger partial charge in [-0.25, -0.2) is 0 Å². The van der Waals surface area contributed by atoms with Gasteiger partial charge in [0.25, 0.3) is 0 Å². The summed E-state index contributed by atoms with van der Waals surface area (Å²) in [5.41, 5.74) is 0. The van der Waals surface area contributed by atoms with Crippen LogP contribution < -0.4 is 0 Å². The second kappa shape index (κ2) is 26.6. The number of hydrogen-bond donors (Lipinski definition) is 0. The minimum absolute atomic E-state index is 0. The summed E-state index contributed by atoms with van der Waals surface area (Å²) >= 11 is 0. The molecular weight excluding hydrogens is 1030 g/mol. The third-order valence-electron chi connectivity index (χ3n) is 10.6. The molecule has 29 heteroatoms. The lowest BCUT2D eigenvalue weighted by Gasteiger charge is -2.51. The summed E-state index contributed by atoms with van der Waals surface area (Å²) < 4.78 is 110. The minimum Gasteiger partial charge on any atom is -0.437 e. The SMILES string of the molecule is C.C.CO[Si](CC[Si]1(C)O[Si](C)(CCC[Si](C)(C)O[Si](C)(C)O[Si](C)(C)O[Si](C)(C)O[Si](C)(C)C)O[Si](C)(CC[Si](OC)(OC)OC)O[Si](C)(CC[Si](OC)(OC)OC)O1)(OC)OC. The molecule has 0 amide bonds. The highest BCUT2D eigenvalue weighted by molar-refractivity contribution is 6.95. The van der Waals surface area contributed by atoms with Gasteiger partial charge in [-0.1, -0.05) is 21.3 Å². The summed E-state index contributed by atoms with van der Waals surface area (Å²) in [4.78, 5) is 0. The Morgan fingerprint density at radius 3 is 0.812 bits per heavy atom. The standard InChI is InChI=1S/C33H90O17Si12.2CH4/c1-34-60(35-2,36-3)31-28-57(22)47-56(21,27-25-26-52(13,14)44-54(17,18)46-55(19,20)45-53(15,16)43-51(10,11)12)48-58(23,29-32-61(37-4,38-5)39-6)50-59(24,49-57)30-33-62(40-7,41-8)42-9;;/h25-33H2,1-24H3;2*1H4. The average Bonchev–Trinajstić information content (AvgIpc) is 3.10. The third-order valence-corrected chi connectivity index (χ3v) is 56.9. The fourth-order valence-corrected chi connectivity index (χ4v) is 66.1. The van der Waals surface area contributed by atoms with Gasteiger partial charge in [-0.15, -0.1) is 0 Å². The van der Waals surface area contributed by atoms with Crippen molar-refractivity contribution >= 4 is 103 Å². The van der Waals surface area contributed by atoms with Crippen LogP contribution in [0.25, 0.3) is 0 Å². The van der Waals surface area contributed by atoms with Crippen LogP contribution in [0.1, 0.15) is 21.3 Å². The van der Waals surface area contributed by atoms with Crippen molar-refractivity contribution in [2.24, 2.45) is 0 Å². The summed E-state index contributed by atoms with van der Waals surface area (Å²) in [6.45, 7) is 32.4. The molecule has 1 aliphatic heterocycles. The molecule has 2 atom stereocenters. The Morgan fingerprint density at radius 1 is 0.328 bits per heavy atom. The summed E-state index contributed by atoms with van der Waals surface area (Å²) in [5, 5.41) is 0. The van der Waals surface area contributed by atoms with E-state index in [1.54, 1.807) is 64.0 Å². The van der Waals surface area contributed by atoms with Crippen molar-refractivity contribution in [1.29, 1.82) is 0 Å². The van der Waals surface area contributed by atoms with Crippen LogP contribution in [0.2, 0.25) is 147 Å². The molecule has 2 unspecified atom stereocenters. The molecule has 0 spiro atoms. The van der Waals surface area contributed by atoms with Gasteiger partial charge >= 0.3 is 86.3 Å². The Hall–Kier alpha value is 1.92. The number of rotatable bonds is 30. The minimum atomic E-state index is -3.16. The first-order chi connectivity index (χ1) is 28.0. The fraction of sp³-hybridized carbons (Fsp3) is 1.00. The quantitative estimate of drug-likeness (QED) is 0.0626. The summed E-state index contributed by atoms with van der Waals surface area (Å²) in [6, 6.07) is 4.70. The molecule has 0 saturated carbocycles. The van der Waals surface area contributed by atoms with E-state index in [0.29, 0.717) is 42.3 Å². The van der Waals surface area contributed by atoms with Crippen molar-refractivity contribution in [1.82, 2.24) is 0 Å². The topological polar surface area (TPSA) is 157 Å². The van der Waals surface area contributed by atoms with Crippen LogP contribution in [0.3, 0.4) is 0 Å². The average molecular weight is 1130 g/mol. The predicted molar refractivity (Wildman–Crippen MR) is 285 cm³/mol. The normalized spacial score (nSPS) is 24.8. The van der Waals surface area contributed by atoms with E-state index in [1.807, 2.05) is 0 Å². The summed E-state index contributed by atoms with van der Waals surface area (Å²) in [6.07, 6.45) is 0.834. The van der Waals surface area contributed by atoms with Gasteiger partial charge in [0.1, 0.15) is 0 Å². The molecule has 0 aromatic heterocycles. The molecule has 0 aromatic rings.